The Bertz CT molecular complexity index is 1170. The zero-order valence-corrected chi connectivity index (χ0v) is 13.5. The molecule has 0 aliphatic heterocycles. The normalized spacial score (nSPS) is 11.1. The van der Waals surface area contributed by atoms with Gasteiger partial charge in [0.15, 0.2) is 0 Å². The SMILES string of the molecule is Cn1cc2ncn(Cc3cc(=O)[nH]c(-c4ccccc4)n3)c(=O)c2c1. The van der Waals surface area contributed by atoms with E-state index in [1.165, 1.54) is 17.0 Å². The summed E-state index contributed by atoms with van der Waals surface area (Å²) in [6.07, 6.45) is 5.01. The average Bonchev–Trinajstić information content (AvgIpc) is 2.99. The number of nitrogens with one attached hydrogen (secondary N) is 1. The minimum atomic E-state index is -0.259. The molecule has 25 heavy (non-hydrogen) atoms. The first-order chi connectivity index (χ1) is 12.1. The highest BCUT2D eigenvalue weighted by molar-refractivity contribution is 5.76. The fourth-order valence-electron chi connectivity index (χ4n) is 2.79. The molecule has 0 aliphatic rings. The van der Waals surface area contributed by atoms with E-state index in [1.54, 1.807) is 17.0 Å². The molecule has 0 amide bonds. The van der Waals surface area contributed by atoms with Crippen LogP contribution in [0.15, 0.2) is 64.7 Å². The van der Waals surface area contributed by atoms with E-state index < -0.39 is 0 Å². The number of hydrogen-bond donors (Lipinski definition) is 1. The predicted octanol–water partition coefficient (Wildman–Crippen LogP) is 1.53. The molecule has 0 saturated carbocycles. The maximum Gasteiger partial charge on any atom is 0.263 e. The quantitative estimate of drug-likeness (QED) is 0.616. The van der Waals surface area contributed by atoms with Gasteiger partial charge in [0, 0.05) is 31.1 Å². The van der Waals surface area contributed by atoms with Crippen LogP contribution in [0.2, 0.25) is 0 Å². The van der Waals surface area contributed by atoms with Crippen molar-refractivity contribution in [1.82, 2.24) is 24.1 Å². The van der Waals surface area contributed by atoms with Gasteiger partial charge < -0.3 is 9.55 Å². The van der Waals surface area contributed by atoms with Gasteiger partial charge in [-0.05, 0) is 0 Å². The molecule has 1 aromatic carbocycles. The number of aromatic nitrogens is 5. The van der Waals surface area contributed by atoms with Crippen molar-refractivity contribution in [2.45, 2.75) is 6.54 Å². The Morgan fingerprint density at radius 3 is 2.72 bits per heavy atom. The molecule has 0 bridgehead atoms. The highest BCUT2D eigenvalue weighted by Crippen LogP contribution is 2.13. The van der Waals surface area contributed by atoms with Crippen molar-refractivity contribution >= 4 is 10.9 Å². The number of fused-ring (bicyclic) bond motifs is 1. The highest BCUT2D eigenvalue weighted by atomic mass is 16.1. The summed E-state index contributed by atoms with van der Waals surface area (Å²) < 4.78 is 3.25. The molecule has 7 heteroatoms. The lowest BCUT2D eigenvalue weighted by Gasteiger charge is -2.07. The van der Waals surface area contributed by atoms with Gasteiger partial charge in [-0.2, -0.15) is 0 Å². The van der Waals surface area contributed by atoms with E-state index in [2.05, 4.69) is 15.0 Å². The summed E-state index contributed by atoms with van der Waals surface area (Å²) in [7, 11) is 1.84. The topological polar surface area (TPSA) is 85.6 Å². The standard InChI is InChI=1S/C18H15N5O2/c1-22-9-14-15(10-22)19-11-23(18(14)25)8-13-7-16(24)21-17(20-13)12-5-3-2-4-6-12/h2-7,9-11H,8H2,1H3,(H,20,21,24). The number of rotatable bonds is 3. The van der Waals surface area contributed by atoms with E-state index >= 15 is 0 Å². The van der Waals surface area contributed by atoms with Gasteiger partial charge in [0.25, 0.3) is 11.1 Å². The third kappa shape index (κ3) is 2.87. The van der Waals surface area contributed by atoms with Crippen LogP contribution in [0.5, 0.6) is 0 Å². The molecule has 1 N–H and O–H groups in total. The summed E-state index contributed by atoms with van der Waals surface area (Å²) >= 11 is 0. The van der Waals surface area contributed by atoms with Crippen molar-refractivity contribution in [3.63, 3.8) is 0 Å². The Morgan fingerprint density at radius 2 is 1.92 bits per heavy atom. The van der Waals surface area contributed by atoms with Crippen LogP contribution in [0.3, 0.4) is 0 Å². The number of nitrogens with zero attached hydrogens (tertiary/aromatic N) is 4. The molecule has 7 nitrogen and oxygen atoms in total. The second-order valence-corrected chi connectivity index (χ2v) is 5.85. The third-order valence-electron chi connectivity index (χ3n) is 3.94. The van der Waals surface area contributed by atoms with E-state index in [-0.39, 0.29) is 17.7 Å². The van der Waals surface area contributed by atoms with Crippen LogP contribution in [0.4, 0.5) is 0 Å². The molecular weight excluding hydrogens is 318 g/mol. The highest BCUT2D eigenvalue weighted by Gasteiger charge is 2.09. The van der Waals surface area contributed by atoms with Crippen LogP contribution in [-0.2, 0) is 13.6 Å². The Balaban J connectivity index is 1.76. The lowest BCUT2D eigenvalue weighted by Crippen LogP contribution is -2.22. The van der Waals surface area contributed by atoms with Crippen molar-refractivity contribution in [2.75, 3.05) is 0 Å². The van der Waals surface area contributed by atoms with E-state index in [0.29, 0.717) is 22.4 Å². The minimum Gasteiger partial charge on any atom is -0.354 e. The Kier molecular flexibility index (Phi) is 3.53. The summed E-state index contributed by atoms with van der Waals surface area (Å²) in [6.45, 7) is 0.181. The molecule has 0 atom stereocenters. The van der Waals surface area contributed by atoms with Crippen molar-refractivity contribution < 1.29 is 0 Å². The second-order valence-electron chi connectivity index (χ2n) is 5.85. The van der Waals surface area contributed by atoms with Gasteiger partial charge in [0.05, 0.1) is 29.5 Å². The van der Waals surface area contributed by atoms with Gasteiger partial charge in [-0.3, -0.25) is 14.2 Å². The zero-order valence-electron chi connectivity index (χ0n) is 13.5. The van der Waals surface area contributed by atoms with Crippen molar-refractivity contribution in [1.29, 1.82) is 0 Å². The fourth-order valence-corrected chi connectivity index (χ4v) is 2.79. The van der Waals surface area contributed by atoms with Crippen molar-refractivity contribution in [2.24, 2.45) is 7.05 Å². The van der Waals surface area contributed by atoms with Gasteiger partial charge in [-0.15, -0.1) is 0 Å². The molecule has 0 unspecified atom stereocenters. The first-order valence-electron chi connectivity index (χ1n) is 7.77. The van der Waals surface area contributed by atoms with Crippen LogP contribution in [-0.4, -0.2) is 24.1 Å². The van der Waals surface area contributed by atoms with Gasteiger partial charge in [-0.25, -0.2) is 9.97 Å². The van der Waals surface area contributed by atoms with Crippen LogP contribution in [0.1, 0.15) is 5.69 Å². The van der Waals surface area contributed by atoms with E-state index in [4.69, 9.17) is 0 Å². The molecule has 3 aromatic heterocycles. The van der Waals surface area contributed by atoms with Crippen LogP contribution in [0.25, 0.3) is 22.3 Å². The van der Waals surface area contributed by atoms with Gasteiger partial charge >= 0.3 is 0 Å². The van der Waals surface area contributed by atoms with Gasteiger partial charge in [0.2, 0.25) is 0 Å². The number of hydrogen-bond acceptors (Lipinski definition) is 4. The lowest BCUT2D eigenvalue weighted by atomic mass is 10.2. The Labute approximate surface area is 142 Å². The van der Waals surface area contributed by atoms with Gasteiger partial charge in [-0.1, -0.05) is 30.3 Å². The maximum atomic E-state index is 12.6. The summed E-state index contributed by atoms with van der Waals surface area (Å²) in [5.74, 6) is 0.477. The van der Waals surface area contributed by atoms with E-state index in [1.807, 2.05) is 37.4 Å². The van der Waals surface area contributed by atoms with Crippen LogP contribution in [0, 0.1) is 0 Å². The molecular formula is C18H15N5O2. The summed E-state index contributed by atoms with van der Waals surface area (Å²) in [5.41, 5.74) is 1.54. The molecule has 4 aromatic rings. The number of aryl methyl sites for hydroxylation is 1. The molecule has 0 saturated heterocycles. The molecule has 0 fully saturated rings. The first-order valence-corrected chi connectivity index (χ1v) is 7.77. The average molecular weight is 333 g/mol. The molecule has 124 valence electrons. The molecule has 0 radical (unpaired) electrons. The van der Waals surface area contributed by atoms with E-state index in [9.17, 15) is 9.59 Å². The third-order valence-corrected chi connectivity index (χ3v) is 3.94. The Hall–Kier alpha value is -3.48. The second kappa shape index (κ2) is 5.86. The summed E-state index contributed by atoms with van der Waals surface area (Å²) in [5, 5.41) is 0.540. The first kappa shape index (κ1) is 15.1. The number of aromatic amines is 1. The molecule has 0 aliphatic carbocycles. The monoisotopic (exact) mass is 333 g/mol. The van der Waals surface area contributed by atoms with E-state index in [0.717, 1.165) is 5.56 Å². The van der Waals surface area contributed by atoms with Crippen LogP contribution < -0.4 is 11.1 Å². The van der Waals surface area contributed by atoms with Crippen LogP contribution >= 0.6 is 0 Å². The minimum absolute atomic E-state index is 0.158. The summed E-state index contributed by atoms with van der Waals surface area (Å²) in [4.78, 5) is 36.0. The van der Waals surface area contributed by atoms with Crippen molar-refractivity contribution in [3.8, 4) is 11.4 Å². The molecule has 4 rings (SSSR count). The zero-order chi connectivity index (χ0) is 17.4. The number of benzene rings is 1. The predicted molar refractivity (Wildman–Crippen MR) is 94.4 cm³/mol. The fraction of sp³-hybridized carbons (Fsp3) is 0.111. The molecule has 3 heterocycles. The smallest absolute Gasteiger partial charge is 0.263 e. The largest absolute Gasteiger partial charge is 0.354 e. The molecule has 0 spiro atoms. The Morgan fingerprint density at radius 1 is 1.12 bits per heavy atom. The number of H-pyrrole nitrogens is 1. The summed E-state index contributed by atoms with van der Waals surface area (Å²) in [6, 6.07) is 10.8. The lowest BCUT2D eigenvalue weighted by molar-refractivity contribution is 0.726. The van der Waals surface area contributed by atoms with Gasteiger partial charge in [0.1, 0.15) is 5.82 Å². The maximum absolute atomic E-state index is 12.6. The van der Waals surface area contributed by atoms with Crippen molar-refractivity contribution in [3.05, 3.63) is 81.5 Å².